The van der Waals surface area contributed by atoms with Crippen molar-refractivity contribution in [3.05, 3.63) is 91.4 Å². The second-order valence-corrected chi connectivity index (χ2v) is 6.91. The molecule has 4 aromatic heterocycles. The summed E-state index contributed by atoms with van der Waals surface area (Å²) in [5.41, 5.74) is 6.16. The number of aromatic nitrogens is 6. The number of hydrogen-bond donors (Lipinski definition) is 0. The van der Waals surface area contributed by atoms with Gasteiger partial charge in [-0.05, 0) is 30.5 Å². The Labute approximate surface area is 168 Å². The monoisotopic (exact) mass is 380 g/mol. The molecule has 0 unspecified atom stereocenters. The molecule has 0 aliphatic heterocycles. The van der Waals surface area contributed by atoms with Crippen LogP contribution in [0.1, 0.15) is 12.0 Å². The molecule has 6 heteroatoms. The zero-order valence-electron chi connectivity index (χ0n) is 15.9. The van der Waals surface area contributed by atoms with E-state index in [9.17, 15) is 0 Å². The molecule has 0 saturated heterocycles. The predicted octanol–water partition coefficient (Wildman–Crippen LogP) is 4.29. The van der Waals surface area contributed by atoms with E-state index in [-0.39, 0.29) is 0 Å². The Bertz CT molecular complexity index is 1220. The molecule has 0 N–H and O–H groups in total. The van der Waals surface area contributed by atoms with Crippen LogP contribution in [0.2, 0.25) is 0 Å². The average Bonchev–Trinajstić information content (AvgIpc) is 3.39. The van der Waals surface area contributed by atoms with Crippen LogP contribution >= 0.6 is 0 Å². The highest BCUT2D eigenvalue weighted by atomic mass is 15.2. The maximum atomic E-state index is 4.76. The van der Waals surface area contributed by atoms with E-state index in [2.05, 4.69) is 37.8 Å². The van der Waals surface area contributed by atoms with Crippen LogP contribution in [0.15, 0.2) is 85.8 Å². The maximum Gasteiger partial charge on any atom is 0.164 e. The molecule has 0 saturated carbocycles. The topological polar surface area (TPSA) is 60.9 Å². The van der Waals surface area contributed by atoms with Gasteiger partial charge in [0, 0.05) is 36.9 Å². The summed E-state index contributed by atoms with van der Waals surface area (Å²) in [6.07, 6.45) is 13.2. The quantitative estimate of drug-likeness (QED) is 0.441. The molecule has 0 amide bonds. The summed E-state index contributed by atoms with van der Waals surface area (Å²) in [5, 5.41) is 4.48. The minimum Gasteiger partial charge on any atom is -0.330 e. The number of fused-ring (bicyclic) bond motifs is 1. The van der Waals surface area contributed by atoms with Gasteiger partial charge in [-0.15, -0.1) is 0 Å². The molecule has 0 atom stereocenters. The zero-order valence-corrected chi connectivity index (χ0v) is 15.9. The van der Waals surface area contributed by atoms with Crippen molar-refractivity contribution in [3.63, 3.8) is 0 Å². The maximum absolute atomic E-state index is 4.76. The van der Waals surface area contributed by atoms with E-state index >= 15 is 0 Å². The van der Waals surface area contributed by atoms with E-state index in [1.807, 2.05) is 61.4 Å². The number of rotatable bonds is 6. The normalized spacial score (nSPS) is 11.2. The summed E-state index contributed by atoms with van der Waals surface area (Å²) in [7, 11) is 0. The lowest BCUT2D eigenvalue weighted by Gasteiger charge is -2.10. The van der Waals surface area contributed by atoms with Crippen molar-refractivity contribution in [2.75, 3.05) is 0 Å². The van der Waals surface area contributed by atoms with E-state index in [1.54, 1.807) is 10.7 Å². The molecular weight excluding hydrogens is 360 g/mol. The third-order valence-electron chi connectivity index (χ3n) is 5.01. The lowest BCUT2D eigenvalue weighted by atomic mass is 10.1. The third-order valence-corrected chi connectivity index (χ3v) is 5.01. The van der Waals surface area contributed by atoms with E-state index in [1.165, 1.54) is 5.56 Å². The first-order valence-corrected chi connectivity index (χ1v) is 9.68. The van der Waals surface area contributed by atoms with Crippen LogP contribution in [0.5, 0.6) is 0 Å². The second kappa shape index (κ2) is 7.67. The first-order valence-electron chi connectivity index (χ1n) is 9.68. The Kier molecular flexibility index (Phi) is 4.58. The van der Waals surface area contributed by atoms with E-state index in [0.29, 0.717) is 0 Å². The van der Waals surface area contributed by atoms with Crippen molar-refractivity contribution in [3.8, 4) is 22.5 Å². The third kappa shape index (κ3) is 3.40. The van der Waals surface area contributed by atoms with Gasteiger partial charge in [0.25, 0.3) is 0 Å². The number of nitrogens with zero attached hydrogens (tertiary/aromatic N) is 6. The molecular formula is C23H20N6. The van der Waals surface area contributed by atoms with Crippen LogP contribution in [-0.2, 0) is 13.0 Å². The Hall–Kier alpha value is -3.80. The lowest BCUT2D eigenvalue weighted by Crippen LogP contribution is -2.01. The van der Waals surface area contributed by atoms with Gasteiger partial charge in [-0.3, -0.25) is 4.98 Å². The second-order valence-electron chi connectivity index (χ2n) is 6.91. The largest absolute Gasteiger partial charge is 0.330 e. The van der Waals surface area contributed by atoms with Crippen LogP contribution in [0, 0.1) is 0 Å². The van der Waals surface area contributed by atoms with Crippen LogP contribution < -0.4 is 0 Å². The highest BCUT2D eigenvalue weighted by Crippen LogP contribution is 2.33. The molecule has 0 aliphatic carbocycles. The minimum atomic E-state index is 0.832. The van der Waals surface area contributed by atoms with Gasteiger partial charge in [0.05, 0.1) is 29.5 Å². The van der Waals surface area contributed by atoms with Crippen LogP contribution in [-0.4, -0.2) is 29.1 Å². The number of hydrogen-bond acceptors (Lipinski definition) is 4. The van der Waals surface area contributed by atoms with Gasteiger partial charge in [0.15, 0.2) is 5.65 Å². The van der Waals surface area contributed by atoms with E-state index in [4.69, 9.17) is 4.98 Å². The van der Waals surface area contributed by atoms with Crippen LogP contribution in [0.4, 0.5) is 0 Å². The molecule has 1 aromatic carbocycles. The van der Waals surface area contributed by atoms with Crippen molar-refractivity contribution >= 4 is 5.65 Å². The van der Waals surface area contributed by atoms with Crippen LogP contribution in [0.25, 0.3) is 28.2 Å². The molecule has 0 radical (unpaired) electrons. The average molecular weight is 380 g/mol. The fourth-order valence-corrected chi connectivity index (χ4v) is 3.64. The summed E-state index contributed by atoms with van der Waals surface area (Å²) in [4.78, 5) is 13.5. The molecule has 5 aromatic rings. The van der Waals surface area contributed by atoms with Gasteiger partial charge in [0.2, 0.25) is 0 Å². The van der Waals surface area contributed by atoms with E-state index < -0.39 is 0 Å². The SMILES string of the molecule is c1ccc(-c2ncn(CCCc3cccnc3)c2-c2cnn3cccnc23)cc1. The number of benzene rings is 1. The van der Waals surface area contributed by atoms with Gasteiger partial charge < -0.3 is 4.57 Å². The number of imidazole rings is 1. The predicted molar refractivity (Wildman–Crippen MR) is 112 cm³/mol. The fourth-order valence-electron chi connectivity index (χ4n) is 3.64. The molecule has 5 rings (SSSR count). The van der Waals surface area contributed by atoms with Crippen molar-refractivity contribution in [2.45, 2.75) is 19.4 Å². The Morgan fingerprint density at radius 2 is 1.79 bits per heavy atom. The fraction of sp³-hybridized carbons (Fsp3) is 0.130. The van der Waals surface area contributed by atoms with Crippen molar-refractivity contribution in [1.29, 1.82) is 0 Å². The van der Waals surface area contributed by atoms with Crippen molar-refractivity contribution in [1.82, 2.24) is 29.1 Å². The first kappa shape index (κ1) is 17.3. The standard InChI is InChI=1S/C23H20N6/c1-2-9-19(10-3-1)21-22(20-16-27-29-14-6-12-25-23(20)29)28(17-26-21)13-5-8-18-7-4-11-24-15-18/h1-4,6-7,9-12,14-17H,5,8,13H2. The van der Waals surface area contributed by atoms with E-state index in [0.717, 1.165) is 47.5 Å². The summed E-state index contributed by atoms with van der Waals surface area (Å²) in [5.74, 6) is 0. The molecule has 29 heavy (non-hydrogen) atoms. The molecule has 0 spiro atoms. The van der Waals surface area contributed by atoms with Crippen molar-refractivity contribution < 1.29 is 0 Å². The lowest BCUT2D eigenvalue weighted by molar-refractivity contribution is 0.646. The summed E-state index contributed by atoms with van der Waals surface area (Å²) >= 11 is 0. The first-order chi connectivity index (χ1) is 14.4. The highest BCUT2D eigenvalue weighted by Gasteiger charge is 2.19. The van der Waals surface area contributed by atoms with Gasteiger partial charge in [-0.2, -0.15) is 5.10 Å². The smallest absolute Gasteiger partial charge is 0.164 e. The zero-order chi connectivity index (χ0) is 19.5. The van der Waals surface area contributed by atoms with Crippen molar-refractivity contribution in [2.24, 2.45) is 0 Å². The molecule has 142 valence electrons. The number of aryl methyl sites for hydroxylation is 2. The van der Waals surface area contributed by atoms with Gasteiger partial charge in [-0.25, -0.2) is 14.5 Å². The van der Waals surface area contributed by atoms with Crippen LogP contribution in [0.3, 0.4) is 0 Å². The summed E-state index contributed by atoms with van der Waals surface area (Å²) in [6.45, 7) is 0.855. The molecule has 0 bridgehead atoms. The Balaban J connectivity index is 1.54. The Morgan fingerprint density at radius 3 is 2.66 bits per heavy atom. The highest BCUT2D eigenvalue weighted by molar-refractivity contribution is 5.85. The van der Waals surface area contributed by atoms with Gasteiger partial charge in [0.1, 0.15) is 0 Å². The molecule has 6 nitrogen and oxygen atoms in total. The molecule has 4 heterocycles. The summed E-state index contributed by atoms with van der Waals surface area (Å²) < 4.78 is 4.02. The molecule has 0 aliphatic rings. The Morgan fingerprint density at radius 1 is 0.862 bits per heavy atom. The van der Waals surface area contributed by atoms with Gasteiger partial charge >= 0.3 is 0 Å². The number of pyridine rings is 1. The summed E-state index contributed by atoms with van der Waals surface area (Å²) in [6, 6.07) is 16.3. The minimum absolute atomic E-state index is 0.832. The van der Waals surface area contributed by atoms with Gasteiger partial charge in [-0.1, -0.05) is 36.4 Å². The molecule has 0 fully saturated rings.